The van der Waals surface area contributed by atoms with E-state index in [1.165, 1.54) is 0 Å². The molecule has 5 nitrogen and oxygen atoms in total. The van der Waals surface area contributed by atoms with Crippen molar-refractivity contribution in [1.29, 1.82) is 5.41 Å². The van der Waals surface area contributed by atoms with Crippen LogP contribution in [0.1, 0.15) is 17.2 Å². The highest BCUT2D eigenvalue weighted by atomic mass is 16.5. The molecule has 0 aromatic heterocycles. The first-order valence-electron chi connectivity index (χ1n) is 6.76. The normalized spacial score (nSPS) is 25.0. The number of benzene rings is 2. The molecule has 112 valence electrons. The van der Waals surface area contributed by atoms with Gasteiger partial charge >= 0.3 is 0 Å². The fraction of sp³-hybridized carbons (Fsp3) is 0.118. The summed E-state index contributed by atoms with van der Waals surface area (Å²) in [5.74, 6) is -2.03. The fourth-order valence-corrected chi connectivity index (χ4v) is 2.59. The number of hydrogen-bond donors (Lipinski definition) is 4. The van der Waals surface area contributed by atoms with Crippen molar-refractivity contribution < 1.29 is 20.1 Å². The molecule has 1 heterocycles. The van der Waals surface area contributed by atoms with Gasteiger partial charge in [0.15, 0.2) is 17.5 Å². The van der Waals surface area contributed by atoms with Crippen LogP contribution in [0.25, 0.3) is 0 Å². The van der Waals surface area contributed by atoms with Crippen LogP contribution >= 0.6 is 0 Å². The molecule has 0 saturated heterocycles. The molecule has 0 spiro atoms. The Labute approximate surface area is 127 Å². The molecular formula is C17H15NO4. The van der Waals surface area contributed by atoms with E-state index in [1.807, 2.05) is 6.07 Å². The highest BCUT2D eigenvalue weighted by molar-refractivity contribution is 5.90. The summed E-state index contributed by atoms with van der Waals surface area (Å²) in [6.07, 6.45) is -1.04. The van der Waals surface area contributed by atoms with Crippen molar-refractivity contribution in [3.8, 4) is 0 Å². The molecule has 5 heteroatoms. The van der Waals surface area contributed by atoms with E-state index in [9.17, 15) is 15.3 Å². The molecule has 1 aliphatic heterocycles. The molecule has 2 unspecified atom stereocenters. The van der Waals surface area contributed by atoms with Crippen molar-refractivity contribution in [3.63, 3.8) is 0 Å². The highest BCUT2D eigenvalue weighted by Crippen LogP contribution is 2.46. The summed E-state index contributed by atoms with van der Waals surface area (Å²) in [5, 5.41) is 38.9. The topological polar surface area (TPSA) is 93.8 Å². The van der Waals surface area contributed by atoms with Gasteiger partial charge < -0.3 is 20.1 Å². The van der Waals surface area contributed by atoms with Gasteiger partial charge in [0.05, 0.1) is 0 Å². The maximum Gasteiger partial charge on any atom is 0.253 e. The molecule has 0 aliphatic carbocycles. The minimum absolute atomic E-state index is 0.361. The van der Waals surface area contributed by atoms with E-state index in [1.54, 1.807) is 54.6 Å². The Kier molecular flexibility index (Phi) is 3.35. The van der Waals surface area contributed by atoms with Crippen LogP contribution in [0.5, 0.6) is 0 Å². The van der Waals surface area contributed by atoms with Crippen molar-refractivity contribution in [3.05, 3.63) is 83.3 Å². The zero-order chi connectivity index (χ0) is 15.7. The van der Waals surface area contributed by atoms with E-state index < -0.39 is 29.1 Å². The largest absolute Gasteiger partial charge is 0.505 e. The molecule has 2 aromatic carbocycles. The van der Waals surface area contributed by atoms with Gasteiger partial charge in [-0.25, -0.2) is 0 Å². The Bertz CT molecular complexity index is 727. The maximum absolute atomic E-state index is 11.1. The zero-order valence-electron chi connectivity index (χ0n) is 11.6. The van der Waals surface area contributed by atoms with Gasteiger partial charge in [-0.3, -0.25) is 5.41 Å². The second-order valence-electron chi connectivity index (χ2n) is 5.07. The lowest BCUT2D eigenvalue weighted by Gasteiger charge is -2.39. The van der Waals surface area contributed by atoms with E-state index in [4.69, 9.17) is 10.1 Å². The van der Waals surface area contributed by atoms with E-state index in [0.717, 1.165) is 0 Å². The Morgan fingerprint density at radius 3 is 2.05 bits per heavy atom. The Morgan fingerprint density at radius 2 is 1.45 bits per heavy atom. The first kappa shape index (κ1) is 14.2. The lowest BCUT2D eigenvalue weighted by atomic mass is 9.81. The summed E-state index contributed by atoms with van der Waals surface area (Å²) < 4.78 is 5.39. The van der Waals surface area contributed by atoms with Crippen LogP contribution in [-0.2, 0) is 10.3 Å². The molecule has 3 rings (SSSR count). The molecule has 0 saturated carbocycles. The molecule has 0 fully saturated rings. The summed E-state index contributed by atoms with van der Waals surface area (Å²) in [5.41, 5.74) is -1.03. The van der Waals surface area contributed by atoms with Crippen LogP contribution in [0.3, 0.4) is 0 Å². The predicted octanol–water partition coefficient (Wildman–Crippen LogP) is 2.95. The van der Waals surface area contributed by atoms with Crippen molar-refractivity contribution in [1.82, 2.24) is 0 Å². The summed E-state index contributed by atoms with van der Waals surface area (Å²) in [4.78, 5) is 0. The van der Waals surface area contributed by atoms with Crippen LogP contribution in [0.15, 0.2) is 72.2 Å². The number of ether oxygens (including phenoxy) is 1. The summed E-state index contributed by atoms with van der Waals surface area (Å²) in [7, 11) is 0. The smallest absolute Gasteiger partial charge is 0.253 e. The molecule has 0 amide bonds. The van der Waals surface area contributed by atoms with Gasteiger partial charge in [0.25, 0.3) is 5.90 Å². The van der Waals surface area contributed by atoms with E-state index in [-0.39, 0.29) is 0 Å². The van der Waals surface area contributed by atoms with Crippen LogP contribution in [-0.4, -0.2) is 21.2 Å². The highest BCUT2D eigenvalue weighted by Gasteiger charge is 2.51. The van der Waals surface area contributed by atoms with Crippen molar-refractivity contribution in [2.75, 3.05) is 0 Å². The lowest BCUT2D eigenvalue weighted by Crippen LogP contribution is -2.43. The average molecular weight is 297 g/mol. The average Bonchev–Trinajstić information content (AvgIpc) is 2.58. The molecule has 2 atom stereocenters. The van der Waals surface area contributed by atoms with E-state index in [0.29, 0.717) is 11.1 Å². The van der Waals surface area contributed by atoms with Crippen LogP contribution in [0.4, 0.5) is 0 Å². The SMILES string of the molecule is N=C1OC(c2ccccc2)C(O)(c2ccccc2)C(O)=C1O. The van der Waals surface area contributed by atoms with E-state index >= 15 is 0 Å². The Morgan fingerprint density at radius 1 is 0.909 bits per heavy atom. The fourth-order valence-electron chi connectivity index (χ4n) is 2.59. The number of aliphatic hydroxyl groups is 3. The van der Waals surface area contributed by atoms with Gasteiger partial charge in [0.2, 0.25) is 5.76 Å². The predicted molar refractivity (Wildman–Crippen MR) is 80.6 cm³/mol. The third-order valence-corrected chi connectivity index (χ3v) is 3.73. The summed E-state index contributed by atoms with van der Waals surface area (Å²) in [6, 6.07) is 17.2. The second-order valence-corrected chi connectivity index (χ2v) is 5.07. The minimum atomic E-state index is -1.97. The van der Waals surface area contributed by atoms with Crippen molar-refractivity contribution in [2.45, 2.75) is 11.7 Å². The molecule has 0 radical (unpaired) electrons. The first-order valence-corrected chi connectivity index (χ1v) is 6.76. The Balaban J connectivity index is 2.22. The van der Waals surface area contributed by atoms with Gasteiger partial charge in [-0.05, 0) is 11.1 Å². The number of hydrogen-bond acceptors (Lipinski definition) is 5. The van der Waals surface area contributed by atoms with Gasteiger partial charge in [0.1, 0.15) is 0 Å². The van der Waals surface area contributed by atoms with E-state index in [2.05, 4.69) is 0 Å². The molecule has 22 heavy (non-hydrogen) atoms. The van der Waals surface area contributed by atoms with Crippen LogP contribution < -0.4 is 0 Å². The maximum atomic E-state index is 11.1. The zero-order valence-corrected chi connectivity index (χ0v) is 11.6. The van der Waals surface area contributed by atoms with Gasteiger partial charge in [-0.15, -0.1) is 0 Å². The molecule has 1 aliphatic rings. The number of nitrogens with one attached hydrogen (secondary N) is 1. The molecule has 0 bridgehead atoms. The van der Waals surface area contributed by atoms with Gasteiger partial charge in [-0.2, -0.15) is 0 Å². The third-order valence-electron chi connectivity index (χ3n) is 3.73. The minimum Gasteiger partial charge on any atom is -0.505 e. The van der Waals surface area contributed by atoms with Gasteiger partial charge in [-0.1, -0.05) is 60.7 Å². The molecular weight excluding hydrogens is 282 g/mol. The van der Waals surface area contributed by atoms with Gasteiger partial charge in [0, 0.05) is 0 Å². The first-order chi connectivity index (χ1) is 10.5. The van der Waals surface area contributed by atoms with Crippen molar-refractivity contribution in [2.24, 2.45) is 0 Å². The van der Waals surface area contributed by atoms with Crippen LogP contribution in [0.2, 0.25) is 0 Å². The quantitative estimate of drug-likeness (QED) is 0.685. The van der Waals surface area contributed by atoms with Crippen molar-refractivity contribution >= 4 is 5.90 Å². The second kappa shape index (κ2) is 5.20. The van der Waals surface area contributed by atoms with Crippen LogP contribution in [0, 0.1) is 5.41 Å². The number of rotatable bonds is 2. The standard InChI is InChI=1S/C17H15NO4/c18-16-13(19)14(20)17(21,12-9-5-2-6-10-12)15(22-16)11-7-3-1-4-8-11/h1-10,15,18-21H. The number of aliphatic hydroxyl groups excluding tert-OH is 2. The summed E-state index contributed by atoms with van der Waals surface area (Å²) in [6.45, 7) is 0. The third kappa shape index (κ3) is 2.03. The monoisotopic (exact) mass is 297 g/mol. The summed E-state index contributed by atoms with van der Waals surface area (Å²) >= 11 is 0. The molecule has 2 aromatic rings. The molecule has 4 N–H and O–H groups in total. The Hall–Kier alpha value is -2.79. The lowest BCUT2D eigenvalue weighted by molar-refractivity contribution is -0.0874.